The van der Waals surface area contributed by atoms with Gasteiger partial charge in [0, 0.05) is 21.9 Å². The Morgan fingerprint density at radius 1 is 1.07 bits per heavy atom. The molecule has 1 N–H and O–H groups in total. The predicted molar refractivity (Wildman–Crippen MR) is 102 cm³/mol. The molecule has 2 rings (SSSR count). The highest BCUT2D eigenvalue weighted by atomic mass is 32.2. The molecule has 0 bridgehead atoms. The Morgan fingerprint density at radius 3 is 2.30 bits per heavy atom. The maximum Gasteiger partial charge on any atom is 0.307 e. The van der Waals surface area contributed by atoms with Gasteiger partial charge >= 0.3 is 5.97 Å². The molecule has 0 radical (unpaired) electrons. The van der Waals surface area contributed by atoms with Crippen LogP contribution >= 0.6 is 11.8 Å². The van der Waals surface area contributed by atoms with Gasteiger partial charge in [-0.05, 0) is 48.5 Å². The SMILES string of the molecule is CS(=O)(=O)Nc1ccc(C(=O)COC(=O)CCSc2ccc(F)cc2)cc1. The maximum atomic E-state index is 12.8. The Balaban J connectivity index is 1.74. The zero-order valence-corrected chi connectivity index (χ0v) is 16.1. The van der Waals surface area contributed by atoms with Crippen LogP contribution in [-0.4, -0.2) is 38.8 Å². The third-order valence-electron chi connectivity index (χ3n) is 3.26. The molecule has 0 amide bonds. The van der Waals surface area contributed by atoms with E-state index < -0.39 is 16.0 Å². The lowest BCUT2D eigenvalue weighted by molar-refractivity contribution is -0.141. The quantitative estimate of drug-likeness (QED) is 0.387. The highest BCUT2D eigenvalue weighted by Gasteiger charge is 2.11. The van der Waals surface area contributed by atoms with E-state index in [2.05, 4.69) is 4.72 Å². The summed E-state index contributed by atoms with van der Waals surface area (Å²) in [6, 6.07) is 11.7. The van der Waals surface area contributed by atoms with Gasteiger partial charge in [0.05, 0.1) is 12.7 Å². The average molecular weight is 411 g/mol. The number of anilines is 1. The zero-order valence-electron chi connectivity index (χ0n) is 14.5. The van der Waals surface area contributed by atoms with Crippen LogP contribution < -0.4 is 4.72 Å². The molecule has 9 heteroatoms. The van der Waals surface area contributed by atoms with Gasteiger partial charge in [0.2, 0.25) is 10.0 Å². The lowest BCUT2D eigenvalue weighted by atomic mass is 10.1. The third kappa shape index (κ3) is 7.79. The van der Waals surface area contributed by atoms with Crippen molar-refractivity contribution >= 4 is 39.2 Å². The predicted octanol–water partition coefficient (Wildman–Crippen LogP) is 3.11. The molecule has 0 fully saturated rings. The van der Waals surface area contributed by atoms with Crippen LogP contribution in [-0.2, 0) is 19.6 Å². The Bertz CT molecular complexity index is 896. The molecule has 0 heterocycles. The van der Waals surface area contributed by atoms with Crippen molar-refractivity contribution in [2.45, 2.75) is 11.3 Å². The molecule has 6 nitrogen and oxygen atoms in total. The number of hydrogen-bond donors (Lipinski definition) is 1. The number of carbonyl (C=O) groups is 2. The molecule has 0 aliphatic rings. The maximum absolute atomic E-state index is 12.8. The van der Waals surface area contributed by atoms with E-state index in [1.54, 1.807) is 12.1 Å². The minimum atomic E-state index is -3.39. The minimum Gasteiger partial charge on any atom is -0.457 e. The molecular weight excluding hydrogens is 393 g/mol. The second-order valence-electron chi connectivity index (χ2n) is 5.59. The number of hydrogen-bond acceptors (Lipinski definition) is 6. The van der Waals surface area contributed by atoms with E-state index in [0.29, 0.717) is 17.0 Å². The highest BCUT2D eigenvalue weighted by Crippen LogP contribution is 2.19. The van der Waals surface area contributed by atoms with E-state index >= 15 is 0 Å². The van der Waals surface area contributed by atoms with Gasteiger partial charge in [-0.15, -0.1) is 11.8 Å². The topological polar surface area (TPSA) is 89.5 Å². The van der Waals surface area contributed by atoms with E-state index in [4.69, 9.17) is 4.74 Å². The largest absolute Gasteiger partial charge is 0.457 e. The van der Waals surface area contributed by atoms with Crippen molar-refractivity contribution in [2.24, 2.45) is 0 Å². The van der Waals surface area contributed by atoms with E-state index in [9.17, 15) is 22.4 Å². The number of ketones is 1. The Labute approximate surface area is 161 Å². The van der Waals surface area contributed by atoms with Crippen LogP contribution in [0.2, 0.25) is 0 Å². The normalized spacial score (nSPS) is 11.0. The van der Waals surface area contributed by atoms with Gasteiger partial charge in [-0.3, -0.25) is 14.3 Å². The van der Waals surface area contributed by atoms with Crippen molar-refractivity contribution in [3.63, 3.8) is 0 Å². The van der Waals surface area contributed by atoms with Crippen molar-refractivity contribution < 1.29 is 27.1 Å². The Morgan fingerprint density at radius 2 is 1.70 bits per heavy atom. The first-order chi connectivity index (χ1) is 12.7. The summed E-state index contributed by atoms with van der Waals surface area (Å²) >= 11 is 1.39. The van der Waals surface area contributed by atoms with Gasteiger partial charge in [-0.25, -0.2) is 12.8 Å². The number of halogens is 1. The number of ether oxygens (including phenoxy) is 1. The summed E-state index contributed by atoms with van der Waals surface area (Å²) in [6.45, 7) is -0.390. The molecule has 0 saturated carbocycles. The monoisotopic (exact) mass is 411 g/mol. The van der Waals surface area contributed by atoms with Crippen LogP contribution in [0, 0.1) is 5.82 Å². The van der Waals surface area contributed by atoms with Gasteiger partial charge in [0.1, 0.15) is 5.82 Å². The number of benzene rings is 2. The van der Waals surface area contributed by atoms with Crippen molar-refractivity contribution in [3.8, 4) is 0 Å². The molecule has 2 aromatic carbocycles. The van der Waals surface area contributed by atoms with Crippen molar-refractivity contribution in [2.75, 3.05) is 23.3 Å². The van der Waals surface area contributed by atoms with Crippen LogP contribution in [0.25, 0.3) is 0 Å². The fourth-order valence-electron chi connectivity index (χ4n) is 2.02. The Kier molecular flexibility index (Phi) is 7.37. The van der Waals surface area contributed by atoms with Crippen LogP contribution in [0.5, 0.6) is 0 Å². The number of thioether (sulfide) groups is 1. The van der Waals surface area contributed by atoms with Gasteiger partial charge in [-0.1, -0.05) is 0 Å². The minimum absolute atomic E-state index is 0.118. The molecule has 0 aromatic heterocycles. The van der Waals surface area contributed by atoms with Crippen molar-refractivity contribution in [3.05, 3.63) is 59.9 Å². The number of sulfonamides is 1. The molecule has 0 atom stereocenters. The molecule has 0 unspecified atom stereocenters. The summed E-state index contributed by atoms with van der Waals surface area (Å²) in [5.41, 5.74) is 0.645. The number of Topliss-reactive ketones (excluding diaryl/α,β-unsaturated/α-hetero) is 1. The lowest BCUT2D eigenvalue weighted by Gasteiger charge is -2.06. The molecule has 144 valence electrons. The molecule has 0 saturated heterocycles. The van der Waals surface area contributed by atoms with E-state index in [-0.39, 0.29) is 24.6 Å². The summed E-state index contributed by atoms with van der Waals surface area (Å²) in [5, 5.41) is 0. The standard InChI is InChI=1S/C18H18FNO5S2/c1-27(23,24)20-15-6-2-13(3-7-15)17(21)12-25-18(22)10-11-26-16-8-4-14(19)5-9-16/h2-9,20H,10-12H2,1H3. The first-order valence-corrected chi connectivity index (χ1v) is 10.8. The molecule has 0 aliphatic carbocycles. The number of rotatable bonds is 9. The number of esters is 1. The summed E-state index contributed by atoms with van der Waals surface area (Å²) in [5.74, 6) is -0.768. The average Bonchev–Trinajstić information content (AvgIpc) is 2.60. The summed E-state index contributed by atoms with van der Waals surface area (Å²) in [6.07, 6.45) is 1.15. The fraction of sp³-hybridized carbons (Fsp3) is 0.222. The van der Waals surface area contributed by atoms with E-state index in [1.165, 1.54) is 48.2 Å². The van der Waals surface area contributed by atoms with Crippen molar-refractivity contribution in [1.82, 2.24) is 0 Å². The third-order valence-corrected chi connectivity index (χ3v) is 4.88. The van der Waals surface area contributed by atoms with Gasteiger partial charge in [-0.2, -0.15) is 0 Å². The first kappa shape index (κ1) is 20.9. The second-order valence-corrected chi connectivity index (χ2v) is 8.50. The fourth-order valence-corrected chi connectivity index (χ4v) is 3.42. The zero-order chi connectivity index (χ0) is 19.9. The number of carbonyl (C=O) groups excluding carboxylic acids is 2. The van der Waals surface area contributed by atoms with Gasteiger partial charge in [0.25, 0.3) is 0 Å². The van der Waals surface area contributed by atoms with Gasteiger partial charge < -0.3 is 4.74 Å². The first-order valence-electron chi connectivity index (χ1n) is 7.88. The van der Waals surface area contributed by atoms with Crippen LogP contribution in [0.15, 0.2) is 53.4 Å². The summed E-state index contributed by atoms with van der Waals surface area (Å²) in [7, 11) is -3.39. The lowest BCUT2D eigenvalue weighted by Crippen LogP contribution is -2.15. The molecule has 0 aliphatic heterocycles. The molecule has 27 heavy (non-hydrogen) atoms. The molecular formula is C18H18FNO5S2. The highest BCUT2D eigenvalue weighted by molar-refractivity contribution is 7.99. The van der Waals surface area contributed by atoms with Crippen LogP contribution in [0.3, 0.4) is 0 Å². The summed E-state index contributed by atoms with van der Waals surface area (Å²) in [4.78, 5) is 24.6. The number of nitrogens with one attached hydrogen (secondary N) is 1. The molecule has 0 spiro atoms. The van der Waals surface area contributed by atoms with Crippen molar-refractivity contribution in [1.29, 1.82) is 0 Å². The molecule has 2 aromatic rings. The Hall–Kier alpha value is -2.39. The summed E-state index contributed by atoms with van der Waals surface area (Å²) < 4.78 is 42.3. The second kappa shape index (κ2) is 9.52. The van der Waals surface area contributed by atoms with Crippen LogP contribution in [0.1, 0.15) is 16.8 Å². The smallest absolute Gasteiger partial charge is 0.307 e. The van der Waals surface area contributed by atoms with E-state index in [1.807, 2.05) is 0 Å². The van der Waals surface area contributed by atoms with Crippen LogP contribution in [0.4, 0.5) is 10.1 Å². The van der Waals surface area contributed by atoms with E-state index in [0.717, 1.165) is 11.2 Å². The van der Waals surface area contributed by atoms with Gasteiger partial charge in [0.15, 0.2) is 12.4 Å².